The topological polar surface area (TPSA) is 58.4 Å². The zero-order chi connectivity index (χ0) is 12.7. The Morgan fingerprint density at radius 3 is 2.44 bits per heavy atom. The van der Waals surface area contributed by atoms with Crippen LogP contribution in [0.3, 0.4) is 0 Å². The number of carbonyl (C=O) groups excluding carboxylic acids is 1. The predicted octanol–water partition coefficient (Wildman–Crippen LogP) is 0.592. The molecule has 0 aliphatic rings. The molecule has 2 atom stereocenters. The van der Waals surface area contributed by atoms with Gasteiger partial charge in [-0.05, 0) is 26.4 Å². The summed E-state index contributed by atoms with van der Waals surface area (Å²) in [5.41, 5.74) is 5.71. The van der Waals surface area contributed by atoms with Crippen LogP contribution >= 0.6 is 0 Å². The van der Waals surface area contributed by atoms with Crippen molar-refractivity contribution in [3.8, 4) is 0 Å². The maximum absolute atomic E-state index is 11.7. The molecule has 0 heterocycles. The minimum absolute atomic E-state index is 0.0968. The van der Waals surface area contributed by atoms with E-state index in [9.17, 15) is 4.79 Å². The summed E-state index contributed by atoms with van der Waals surface area (Å²) in [6.07, 6.45) is 2.18. The van der Waals surface area contributed by atoms with Crippen LogP contribution < -0.4 is 11.1 Å². The van der Waals surface area contributed by atoms with E-state index in [2.05, 4.69) is 30.6 Å². The fourth-order valence-electron chi connectivity index (χ4n) is 1.39. The number of nitrogens with one attached hydrogen (secondary N) is 1. The maximum Gasteiger partial charge on any atom is 0.237 e. The number of hydrogen-bond donors (Lipinski definition) is 2. The van der Waals surface area contributed by atoms with Crippen molar-refractivity contribution in [3.63, 3.8) is 0 Å². The summed E-state index contributed by atoms with van der Waals surface area (Å²) in [6.45, 7) is 8.58. The molecule has 94 valence electrons. The van der Waals surface area contributed by atoms with Crippen molar-refractivity contribution in [1.82, 2.24) is 10.2 Å². The van der Waals surface area contributed by atoms with Gasteiger partial charge in [0.05, 0.1) is 6.04 Å². The average Bonchev–Trinajstić information content (AvgIpc) is 2.16. The molecule has 0 aromatic carbocycles. The van der Waals surface area contributed by atoms with E-state index in [1.165, 1.54) is 0 Å². The van der Waals surface area contributed by atoms with Gasteiger partial charge >= 0.3 is 0 Å². The Bertz CT molecular complexity index is 226. The minimum atomic E-state index is -0.485. The predicted molar refractivity (Wildman–Crippen MR) is 68.1 cm³/mol. The van der Waals surface area contributed by atoms with Gasteiger partial charge in [-0.15, -0.1) is 6.58 Å². The first-order valence-corrected chi connectivity index (χ1v) is 5.70. The monoisotopic (exact) mass is 227 g/mol. The highest BCUT2D eigenvalue weighted by atomic mass is 16.2. The van der Waals surface area contributed by atoms with Gasteiger partial charge in [-0.25, -0.2) is 0 Å². The second kappa shape index (κ2) is 7.41. The van der Waals surface area contributed by atoms with Gasteiger partial charge in [0.15, 0.2) is 0 Å². The lowest BCUT2D eigenvalue weighted by molar-refractivity contribution is -0.123. The molecule has 0 rings (SSSR count). The molecule has 4 heteroatoms. The van der Waals surface area contributed by atoms with Crippen LogP contribution in [0.25, 0.3) is 0 Å². The molecule has 1 amide bonds. The zero-order valence-electron chi connectivity index (χ0n) is 10.9. The fourth-order valence-corrected chi connectivity index (χ4v) is 1.39. The van der Waals surface area contributed by atoms with Crippen molar-refractivity contribution in [2.24, 2.45) is 11.7 Å². The molecule has 2 unspecified atom stereocenters. The highest BCUT2D eigenvalue weighted by Crippen LogP contribution is 2.03. The Morgan fingerprint density at radius 1 is 1.50 bits per heavy atom. The molecule has 0 aromatic rings. The lowest BCUT2D eigenvalue weighted by Gasteiger charge is -2.26. The van der Waals surface area contributed by atoms with E-state index in [-0.39, 0.29) is 11.9 Å². The molecular formula is C12H25N3O. The SMILES string of the molecule is C=CCC(N)C(=O)NC(CN(C)C)C(C)C. The summed E-state index contributed by atoms with van der Waals surface area (Å²) in [4.78, 5) is 13.8. The van der Waals surface area contributed by atoms with Crippen molar-refractivity contribution in [2.45, 2.75) is 32.4 Å². The molecule has 3 N–H and O–H groups in total. The largest absolute Gasteiger partial charge is 0.350 e. The van der Waals surface area contributed by atoms with Crippen LogP contribution in [0.4, 0.5) is 0 Å². The van der Waals surface area contributed by atoms with Gasteiger partial charge in [0.1, 0.15) is 0 Å². The third-order valence-corrected chi connectivity index (χ3v) is 2.45. The molecule has 16 heavy (non-hydrogen) atoms. The second-order valence-corrected chi connectivity index (χ2v) is 4.75. The quantitative estimate of drug-likeness (QED) is 0.626. The molecule has 0 bridgehead atoms. The smallest absolute Gasteiger partial charge is 0.237 e. The molecule has 0 saturated carbocycles. The second-order valence-electron chi connectivity index (χ2n) is 4.75. The highest BCUT2D eigenvalue weighted by molar-refractivity contribution is 5.81. The number of nitrogens with zero attached hydrogens (tertiary/aromatic N) is 1. The Labute approximate surface area is 98.9 Å². The van der Waals surface area contributed by atoms with Gasteiger partial charge in [0.2, 0.25) is 5.91 Å². The zero-order valence-corrected chi connectivity index (χ0v) is 10.9. The van der Waals surface area contributed by atoms with Gasteiger partial charge in [0.25, 0.3) is 0 Å². The van der Waals surface area contributed by atoms with Crippen LogP contribution in [-0.2, 0) is 4.79 Å². The lowest BCUT2D eigenvalue weighted by atomic mass is 10.0. The Kier molecular flexibility index (Phi) is 7.01. The number of rotatable bonds is 7. The van der Waals surface area contributed by atoms with E-state index in [0.717, 1.165) is 6.54 Å². The minimum Gasteiger partial charge on any atom is -0.350 e. The summed E-state index contributed by atoms with van der Waals surface area (Å²) in [5, 5.41) is 2.98. The average molecular weight is 227 g/mol. The molecule has 0 saturated heterocycles. The van der Waals surface area contributed by atoms with Crippen LogP contribution in [0.15, 0.2) is 12.7 Å². The molecule has 0 fully saturated rings. The molecule has 0 aromatic heterocycles. The van der Waals surface area contributed by atoms with E-state index in [0.29, 0.717) is 12.3 Å². The molecule has 0 aliphatic heterocycles. The first-order chi connectivity index (χ1) is 7.38. The Hall–Kier alpha value is -0.870. The summed E-state index contributed by atoms with van der Waals surface area (Å²) in [5.74, 6) is 0.294. The van der Waals surface area contributed by atoms with E-state index >= 15 is 0 Å². The summed E-state index contributed by atoms with van der Waals surface area (Å²) < 4.78 is 0. The number of likely N-dealkylation sites (N-methyl/N-ethyl adjacent to an activating group) is 1. The summed E-state index contributed by atoms with van der Waals surface area (Å²) in [6, 6.07) is -0.348. The standard InChI is InChI=1S/C12H25N3O/c1-6-7-10(13)12(16)14-11(9(2)3)8-15(4)5/h6,9-11H,1,7-8,13H2,2-5H3,(H,14,16). The van der Waals surface area contributed by atoms with Crippen LogP contribution in [0.2, 0.25) is 0 Å². The molecule has 0 aliphatic carbocycles. The van der Waals surface area contributed by atoms with Crippen LogP contribution in [0, 0.1) is 5.92 Å². The summed E-state index contributed by atoms with van der Waals surface area (Å²) in [7, 11) is 3.98. The molecule has 4 nitrogen and oxygen atoms in total. The Morgan fingerprint density at radius 2 is 2.06 bits per heavy atom. The number of carbonyl (C=O) groups is 1. The lowest BCUT2D eigenvalue weighted by Crippen LogP contribution is -2.50. The van der Waals surface area contributed by atoms with Crippen molar-refractivity contribution >= 4 is 5.91 Å². The normalized spacial score (nSPS) is 14.9. The summed E-state index contributed by atoms with van der Waals surface area (Å²) >= 11 is 0. The number of nitrogens with two attached hydrogens (primary N) is 1. The first-order valence-electron chi connectivity index (χ1n) is 5.70. The van der Waals surface area contributed by atoms with Gasteiger partial charge < -0.3 is 16.0 Å². The van der Waals surface area contributed by atoms with Gasteiger partial charge in [-0.3, -0.25) is 4.79 Å². The van der Waals surface area contributed by atoms with Crippen LogP contribution in [0.5, 0.6) is 0 Å². The Balaban J connectivity index is 4.28. The van der Waals surface area contributed by atoms with Crippen LogP contribution in [-0.4, -0.2) is 43.5 Å². The van der Waals surface area contributed by atoms with Crippen molar-refractivity contribution in [1.29, 1.82) is 0 Å². The van der Waals surface area contributed by atoms with E-state index in [1.807, 2.05) is 14.1 Å². The third-order valence-electron chi connectivity index (χ3n) is 2.45. The van der Waals surface area contributed by atoms with Crippen molar-refractivity contribution < 1.29 is 4.79 Å². The van der Waals surface area contributed by atoms with Gasteiger partial charge in [-0.2, -0.15) is 0 Å². The van der Waals surface area contributed by atoms with E-state index in [1.54, 1.807) is 6.08 Å². The third kappa shape index (κ3) is 5.88. The van der Waals surface area contributed by atoms with Gasteiger partial charge in [0, 0.05) is 12.6 Å². The van der Waals surface area contributed by atoms with Crippen molar-refractivity contribution in [2.75, 3.05) is 20.6 Å². The van der Waals surface area contributed by atoms with Crippen molar-refractivity contribution in [3.05, 3.63) is 12.7 Å². The van der Waals surface area contributed by atoms with E-state index < -0.39 is 6.04 Å². The van der Waals surface area contributed by atoms with Crippen LogP contribution in [0.1, 0.15) is 20.3 Å². The molecule has 0 spiro atoms. The maximum atomic E-state index is 11.7. The number of amides is 1. The molecular weight excluding hydrogens is 202 g/mol. The first kappa shape index (κ1) is 15.1. The molecule has 0 radical (unpaired) electrons. The van der Waals surface area contributed by atoms with E-state index in [4.69, 9.17) is 5.73 Å². The number of hydrogen-bond acceptors (Lipinski definition) is 3. The van der Waals surface area contributed by atoms with Gasteiger partial charge in [-0.1, -0.05) is 19.9 Å². The fraction of sp³-hybridized carbons (Fsp3) is 0.750. The highest BCUT2D eigenvalue weighted by Gasteiger charge is 2.20.